The fourth-order valence-corrected chi connectivity index (χ4v) is 3.84. The number of amides is 1. The Labute approximate surface area is 173 Å². The van der Waals surface area contributed by atoms with Gasteiger partial charge in [0.15, 0.2) is 11.4 Å². The predicted molar refractivity (Wildman–Crippen MR) is 111 cm³/mol. The van der Waals surface area contributed by atoms with Crippen LogP contribution >= 0.6 is 11.6 Å². The second-order valence-corrected chi connectivity index (χ2v) is 7.49. The highest BCUT2D eigenvalue weighted by Crippen LogP contribution is 2.44. The first kappa shape index (κ1) is 19.3. The molecular formula is C23H19ClN2O3. The van der Waals surface area contributed by atoms with Gasteiger partial charge in [0.1, 0.15) is 0 Å². The van der Waals surface area contributed by atoms with Crippen molar-refractivity contribution in [2.75, 3.05) is 11.4 Å². The van der Waals surface area contributed by atoms with Crippen LogP contribution in [0.2, 0.25) is 5.02 Å². The van der Waals surface area contributed by atoms with Crippen LogP contribution in [-0.2, 0) is 16.8 Å². The summed E-state index contributed by atoms with van der Waals surface area (Å²) in [4.78, 5) is 31.5. The Kier molecular flexibility index (Phi) is 5.18. The third-order valence-electron chi connectivity index (χ3n) is 5.16. The summed E-state index contributed by atoms with van der Waals surface area (Å²) < 4.78 is 0. The van der Waals surface area contributed by atoms with Gasteiger partial charge in [-0.3, -0.25) is 14.6 Å². The number of carbonyl (C=O) groups is 2. The van der Waals surface area contributed by atoms with Gasteiger partial charge in [0, 0.05) is 35.1 Å². The molecule has 0 fully saturated rings. The molecule has 1 aromatic heterocycles. The van der Waals surface area contributed by atoms with E-state index >= 15 is 0 Å². The van der Waals surface area contributed by atoms with Crippen molar-refractivity contribution in [3.8, 4) is 0 Å². The largest absolute Gasteiger partial charge is 0.375 e. The highest BCUT2D eigenvalue weighted by molar-refractivity contribution is 6.31. The Balaban J connectivity index is 1.65. The second-order valence-electron chi connectivity index (χ2n) is 7.06. The van der Waals surface area contributed by atoms with E-state index in [2.05, 4.69) is 4.98 Å². The summed E-state index contributed by atoms with van der Waals surface area (Å²) in [5, 5.41) is 11.7. The standard InChI is InChI=1S/C23H19ClN2O3/c24-18-8-9-20-19(13-18)23(29,14-21(27)17-7-4-11-25-15-17)22(28)26(20)12-10-16-5-2-1-3-6-16/h1-9,11,13,15,29H,10,12,14H2/t23-/m1/s1. The van der Waals surface area contributed by atoms with E-state index in [1.807, 2.05) is 30.3 Å². The Bertz CT molecular complexity index is 1060. The van der Waals surface area contributed by atoms with Crippen molar-refractivity contribution < 1.29 is 14.7 Å². The van der Waals surface area contributed by atoms with Crippen molar-refractivity contribution >= 4 is 29.0 Å². The number of hydrogen-bond donors (Lipinski definition) is 1. The van der Waals surface area contributed by atoms with Crippen LogP contribution in [0.15, 0.2) is 73.1 Å². The van der Waals surface area contributed by atoms with Crippen LogP contribution in [-0.4, -0.2) is 28.3 Å². The average Bonchev–Trinajstić information content (AvgIpc) is 2.94. The predicted octanol–water partition coefficient (Wildman–Crippen LogP) is 3.78. The Hall–Kier alpha value is -3.02. The molecule has 6 heteroatoms. The molecule has 2 heterocycles. The number of fused-ring (bicyclic) bond motifs is 1. The molecule has 2 aromatic carbocycles. The maximum absolute atomic E-state index is 13.2. The van der Waals surface area contributed by atoms with Gasteiger partial charge >= 0.3 is 0 Å². The molecule has 0 spiro atoms. The SMILES string of the molecule is O=C(C[C@]1(O)C(=O)N(CCc2ccccc2)c2ccc(Cl)cc21)c1cccnc1. The lowest BCUT2D eigenvalue weighted by atomic mass is 9.88. The summed E-state index contributed by atoms with van der Waals surface area (Å²) in [5.74, 6) is -0.868. The van der Waals surface area contributed by atoms with Gasteiger partial charge in [-0.05, 0) is 42.3 Å². The summed E-state index contributed by atoms with van der Waals surface area (Å²) in [6.07, 6.45) is 3.25. The molecule has 1 aliphatic rings. The molecule has 1 atom stereocenters. The Morgan fingerprint density at radius 2 is 1.90 bits per heavy atom. The average molecular weight is 407 g/mol. The first-order valence-corrected chi connectivity index (χ1v) is 9.68. The van der Waals surface area contributed by atoms with Crippen molar-refractivity contribution in [3.63, 3.8) is 0 Å². The van der Waals surface area contributed by atoms with E-state index in [9.17, 15) is 14.7 Å². The monoisotopic (exact) mass is 406 g/mol. The molecule has 5 nitrogen and oxygen atoms in total. The van der Waals surface area contributed by atoms with Crippen LogP contribution in [0.5, 0.6) is 0 Å². The van der Waals surface area contributed by atoms with Gasteiger partial charge in [0.25, 0.3) is 5.91 Å². The van der Waals surface area contributed by atoms with Crippen molar-refractivity contribution in [2.24, 2.45) is 0 Å². The molecule has 0 unspecified atom stereocenters. The quantitative estimate of drug-likeness (QED) is 0.632. The first-order valence-electron chi connectivity index (χ1n) is 9.30. The number of benzene rings is 2. The minimum Gasteiger partial charge on any atom is -0.375 e. The van der Waals surface area contributed by atoms with Gasteiger partial charge < -0.3 is 10.0 Å². The molecule has 1 aliphatic heterocycles. The van der Waals surface area contributed by atoms with Gasteiger partial charge in [0.05, 0.1) is 12.1 Å². The maximum atomic E-state index is 13.2. The minimum atomic E-state index is -1.95. The van der Waals surface area contributed by atoms with E-state index < -0.39 is 11.5 Å². The fourth-order valence-electron chi connectivity index (χ4n) is 3.66. The molecule has 0 bridgehead atoms. The van der Waals surface area contributed by atoms with Gasteiger partial charge in [-0.25, -0.2) is 0 Å². The summed E-state index contributed by atoms with van der Waals surface area (Å²) in [5.41, 5.74) is 0.416. The normalized spacial score (nSPS) is 18.0. The number of hydrogen-bond acceptors (Lipinski definition) is 4. The highest BCUT2D eigenvalue weighted by Gasteiger charge is 2.50. The molecule has 0 radical (unpaired) electrons. The van der Waals surface area contributed by atoms with Crippen LogP contribution < -0.4 is 4.90 Å². The summed E-state index contributed by atoms with van der Waals surface area (Å²) >= 11 is 6.14. The van der Waals surface area contributed by atoms with Crippen molar-refractivity contribution in [3.05, 3.63) is 94.8 Å². The van der Waals surface area contributed by atoms with E-state index in [-0.39, 0.29) is 12.2 Å². The zero-order valence-electron chi connectivity index (χ0n) is 15.6. The minimum absolute atomic E-state index is 0.347. The van der Waals surface area contributed by atoms with E-state index in [0.717, 1.165) is 5.56 Å². The van der Waals surface area contributed by atoms with E-state index in [0.29, 0.717) is 34.8 Å². The molecule has 0 aliphatic carbocycles. The summed E-state index contributed by atoms with van der Waals surface area (Å²) in [6, 6.07) is 18.0. The van der Waals surface area contributed by atoms with Gasteiger partial charge in [-0.2, -0.15) is 0 Å². The maximum Gasteiger partial charge on any atom is 0.264 e. The smallest absolute Gasteiger partial charge is 0.264 e. The molecule has 29 heavy (non-hydrogen) atoms. The van der Waals surface area contributed by atoms with E-state index in [4.69, 9.17) is 11.6 Å². The zero-order valence-corrected chi connectivity index (χ0v) is 16.3. The lowest BCUT2D eigenvalue weighted by Crippen LogP contribution is -2.42. The molecular weight excluding hydrogens is 388 g/mol. The number of halogens is 1. The number of aromatic nitrogens is 1. The van der Waals surface area contributed by atoms with Crippen molar-refractivity contribution in [1.82, 2.24) is 4.98 Å². The van der Waals surface area contributed by atoms with Gasteiger partial charge in [0.2, 0.25) is 0 Å². The number of rotatable bonds is 6. The lowest BCUT2D eigenvalue weighted by Gasteiger charge is -2.23. The zero-order chi connectivity index (χ0) is 20.4. The van der Waals surface area contributed by atoms with Crippen LogP contribution in [0.3, 0.4) is 0 Å². The molecule has 1 amide bonds. The lowest BCUT2D eigenvalue weighted by molar-refractivity contribution is -0.135. The summed E-state index contributed by atoms with van der Waals surface area (Å²) in [6.45, 7) is 0.390. The second kappa shape index (κ2) is 7.78. The molecule has 0 saturated heterocycles. The first-order chi connectivity index (χ1) is 14.0. The fraction of sp³-hybridized carbons (Fsp3) is 0.174. The molecule has 1 N–H and O–H groups in total. The molecule has 0 saturated carbocycles. The molecule has 4 rings (SSSR count). The Morgan fingerprint density at radius 3 is 2.62 bits per heavy atom. The number of pyridine rings is 1. The van der Waals surface area contributed by atoms with Gasteiger partial charge in [-0.1, -0.05) is 41.9 Å². The Morgan fingerprint density at radius 1 is 1.10 bits per heavy atom. The third kappa shape index (κ3) is 3.67. The van der Waals surface area contributed by atoms with Crippen LogP contribution in [0.1, 0.15) is 27.9 Å². The van der Waals surface area contributed by atoms with Crippen LogP contribution in [0.4, 0.5) is 5.69 Å². The number of Topliss-reactive ketones (excluding diaryl/α,β-unsaturated/α-hetero) is 1. The number of nitrogens with zero attached hydrogens (tertiary/aromatic N) is 2. The third-order valence-corrected chi connectivity index (χ3v) is 5.40. The molecule has 146 valence electrons. The van der Waals surface area contributed by atoms with Crippen molar-refractivity contribution in [1.29, 1.82) is 0 Å². The number of aliphatic hydroxyl groups is 1. The van der Waals surface area contributed by atoms with Crippen LogP contribution in [0, 0.1) is 0 Å². The van der Waals surface area contributed by atoms with Crippen molar-refractivity contribution in [2.45, 2.75) is 18.4 Å². The number of carbonyl (C=O) groups excluding carboxylic acids is 2. The molecule has 3 aromatic rings. The van der Waals surface area contributed by atoms with E-state index in [1.54, 1.807) is 36.5 Å². The summed E-state index contributed by atoms with van der Waals surface area (Å²) in [7, 11) is 0. The highest BCUT2D eigenvalue weighted by atomic mass is 35.5. The number of anilines is 1. The number of ketones is 1. The van der Waals surface area contributed by atoms with E-state index in [1.165, 1.54) is 11.1 Å². The van der Waals surface area contributed by atoms with Crippen LogP contribution in [0.25, 0.3) is 0 Å². The van der Waals surface area contributed by atoms with Gasteiger partial charge in [-0.15, -0.1) is 0 Å². The topological polar surface area (TPSA) is 70.5 Å².